The molecule has 24 heavy (non-hydrogen) atoms. The topological polar surface area (TPSA) is 39.7 Å². The highest BCUT2D eigenvalue weighted by atomic mass is 127. The maximum absolute atomic E-state index is 14.0. The van der Waals surface area contributed by atoms with Crippen LogP contribution in [0.25, 0.3) is 0 Å². The predicted octanol–water partition coefficient (Wildman–Crippen LogP) is 3.07. The van der Waals surface area contributed by atoms with E-state index in [1.165, 1.54) is 18.2 Å². The van der Waals surface area contributed by atoms with Gasteiger partial charge in [-0.05, 0) is 39.1 Å². The first-order valence-electron chi connectivity index (χ1n) is 7.75. The van der Waals surface area contributed by atoms with E-state index in [1.807, 2.05) is 0 Å². The molecule has 2 rings (SSSR count). The van der Waals surface area contributed by atoms with Gasteiger partial charge in [0.1, 0.15) is 11.6 Å². The van der Waals surface area contributed by atoms with Gasteiger partial charge in [-0.15, -0.1) is 24.0 Å². The van der Waals surface area contributed by atoms with Crippen molar-refractivity contribution in [2.75, 3.05) is 27.7 Å². The number of rotatable bonds is 5. The minimum absolute atomic E-state index is 0. The summed E-state index contributed by atoms with van der Waals surface area (Å²) in [7, 11) is 5.29. The average molecular weight is 450 g/mol. The van der Waals surface area contributed by atoms with Crippen LogP contribution in [0.4, 0.5) is 8.78 Å². The Morgan fingerprint density at radius 3 is 2.33 bits per heavy atom. The molecule has 1 aromatic rings. The zero-order chi connectivity index (χ0) is 16.8. The molecule has 1 unspecified atom stereocenters. The van der Waals surface area contributed by atoms with Crippen LogP contribution >= 0.6 is 24.0 Å². The van der Waals surface area contributed by atoms with Gasteiger partial charge in [-0.1, -0.05) is 18.2 Å². The van der Waals surface area contributed by atoms with Crippen molar-refractivity contribution in [1.29, 1.82) is 0 Å². The highest BCUT2D eigenvalue weighted by molar-refractivity contribution is 14.0. The molecule has 1 atom stereocenters. The second kappa shape index (κ2) is 9.93. The molecule has 1 aromatic carbocycles. The zero-order valence-electron chi connectivity index (χ0n) is 14.2. The number of nitrogens with zero attached hydrogens (tertiary/aromatic N) is 2. The highest BCUT2D eigenvalue weighted by Crippen LogP contribution is 2.23. The van der Waals surface area contributed by atoms with E-state index in [4.69, 9.17) is 0 Å². The van der Waals surface area contributed by atoms with Crippen LogP contribution in [0.5, 0.6) is 0 Å². The number of likely N-dealkylation sites (N-methyl/N-ethyl adjacent to an activating group) is 1. The lowest BCUT2D eigenvalue weighted by atomic mass is 10.0. The number of hydrogen-bond donors (Lipinski definition) is 2. The fourth-order valence-electron chi connectivity index (χ4n) is 2.69. The Kier molecular flexibility index (Phi) is 8.61. The van der Waals surface area contributed by atoms with Crippen molar-refractivity contribution in [3.63, 3.8) is 0 Å². The summed E-state index contributed by atoms with van der Waals surface area (Å²) < 4.78 is 28.1. The molecule has 0 aliphatic heterocycles. The standard InChI is InChI=1S/C17H24F2N4.HI/c1-20-17(22-12-7-4-5-8-12)21-11-15(23(2)3)16-13(18)9-6-10-14(16)19;/h4-6,9-10,12,15H,7-8,11H2,1-3H3,(H2,20,21,22);1H. The number of benzene rings is 1. The number of nitrogens with one attached hydrogen (secondary N) is 2. The number of guanidine groups is 1. The van der Waals surface area contributed by atoms with Gasteiger partial charge in [-0.3, -0.25) is 4.99 Å². The smallest absolute Gasteiger partial charge is 0.191 e. The van der Waals surface area contributed by atoms with Crippen LogP contribution in [0.15, 0.2) is 35.3 Å². The molecular weight excluding hydrogens is 425 g/mol. The van der Waals surface area contributed by atoms with Gasteiger partial charge in [0, 0.05) is 25.2 Å². The SMILES string of the molecule is CN=C(NCC(c1c(F)cccc1F)N(C)C)NC1CC=CC1.I. The minimum Gasteiger partial charge on any atom is -0.354 e. The van der Waals surface area contributed by atoms with Crippen molar-refractivity contribution < 1.29 is 8.78 Å². The van der Waals surface area contributed by atoms with Gasteiger partial charge in [-0.2, -0.15) is 0 Å². The van der Waals surface area contributed by atoms with Crippen molar-refractivity contribution in [1.82, 2.24) is 15.5 Å². The second-order valence-corrected chi connectivity index (χ2v) is 5.85. The first-order valence-corrected chi connectivity index (χ1v) is 7.75. The van der Waals surface area contributed by atoms with Gasteiger partial charge < -0.3 is 15.5 Å². The molecule has 0 fully saturated rings. The van der Waals surface area contributed by atoms with E-state index in [1.54, 1.807) is 26.0 Å². The van der Waals surface area contributed by atoms with Gasteiger partial charge in [0.2, 0.25) is 0 Å². The molecule has 0 saturated heterocycles. The van der Waals surface area contributed by atoms with E-state index in [9.17, 15) is 8.78 Å². The molecule has 1 aliphatic rings. The summed E-state index contributed by atoms with van der Waals surface area (Å²) in [5.74, 6) is -0.427. The third-order valence-electron chi connectivity index (χ3n) is 3.99. The largest absolute Gasteiger partial charge is 0.354 e. The maximum Gasteiger partial charge on any atom is 0.191 e. The van der Waals surface area contributed by atoms with Gasteiger partial charge in [-0.25, -0.2) is 8.78 Å². The molecule has 1 aliphatic carbocycles. The van der Waals surface area contributed by atoms with Crippen LogP contribution in [-0.4, -0.2) is 44.6 Å². The highest BCUT2D eigenvalue weighted by Gasteiger charge is 2.22. The lowest BCUT2D eigenvalue weighted by Crippen LogP contribution is -2.45. The van der Waals surface area contributed by atoms with Crippen LogP contribution in [0.2, 0.25) is 0 Å². The van der Waals surface area contributed by atoms with E-state index in [2.05, 4.69) is 27.8 Å². The molecule has 0 spiro atoms. The molecule has 134 valence electrons. The normalized spacial score (nSPS) is 16.2. The van der Waals surface area contributed by atoms with E-state index in [0.29, 0.717) is 18.5 Å². The van der Waals surface area contributed by atoms with Crippen LogP contribution in [0, 0.1) is 11.6 Å². The van der Waals surface area contributed by atoms with Crippen LogP contribution in [0.1, 0.15) is 24.4 Å². The van der Waals surface area contributed by atoms with Gasteiger partial charge in [0.05, 0.1) is 6.04 Å². The Balaban J connectivity index is 0.00000288. The summed E-state index contributed by atoms with van der Waals surface area (Å²) >= 11 is 0. The Bertz CT molecular complexity index is 562. The summed E-state index contributed by atoms with van der Waals surface area (Å²) in [6, 6.07) is 3.83. The van der Waals surface area contributed by atoms with Crippen molar-refractivity contribution >= 4 is 29.9 Å². The second-order valence-electron chi connectivity index (χ2n) is 5.85. The number of hydrogen-bond acceptors (Lipinski definition) is 2. The average Bonchev–Trinajstić information content (AvgIpc) is 3.01. The maximum atomic E-state index is 14.0. The van der Waals surface area contributed by atoms with E-state index in [-0.39, 0.29) is 29.5 Å². The number of aliphatic imine (C=N–C) groups is 1. The van der Waals surface area contributed by atoms with Crippen molar-refractivity contribution in [2.24, 2.45) is 4.99 Å². The fraction of sp³-hybridized carbons (Fsp3) is 0.471. The van der Waals surface area contributed by atoms with Gasteiger partial charge in [0.25, 0.3) is 0 Å². The summed E-state index contributed by atoms with van der Waals surface area (Å²) in [4.78, 5) is 5.97. The minimum atomic E-state index is -0.534. The van der Waals surface area contributed by atoms with Crippen LogP contribution in [-0.2, 0) is 0 Å². The van der Waals surface area contributed by atoms with Crippen LogP contribution < -0.4 is 10.6 Å². The molecule has 0 heterocycles. The quantitative estimate of drug-likeness (QED) is 0.314. The molecular formula is C17H25F2IN4. The third kappa shape index (κ3) is 5.41. The Labute approximate surface area is 159 Å². The molecule has 4 nitrogen and oxygen atoms in total. The summed E-state index contributed by atoms with van der Waals surface area (Å²) in [6.07, 6.45) is 6.17. The predicted molar refractivity (Wildman–Crippen MR) is 105 cm³/mol. The molecule has 0 aromatic heterocycles. The Morgan fingerprint density at radius 1 is 1.25 bits per heavy atom. The number of halogens is 3. The van der Waals surface area contributed by atoms with Crippen molar-refractivity contribution in [2.45, 2.75) is 24.9 Å². The first kappa shape index (κ1) is 20.8. The van der Waals surface area contributed by atoms with Gasteiger partial charge in [0.15, 0.2) is 5.96 Å². The van der Waals surface area contributed by atoms with Crippen molar-refractivity contribution in [3.8, 4) is 0 Å². The third-order valence-corrected chi connectivity index (χ3v) is 3.99. The molecule has 7 heteroatoms. The summed E-state index contributed by atoms with van der Waals surface area (Å²) in [6.45, 7) is 0.352. The summed E-state index contributed by atoms with van der Waals surface area (Å²) in [5, 5.41) is 6.48. The van der Waals surface area contributed by atoms with Crippen molar-refractivity contribution in [3.05, 3.63) is 47.5 Å². The van der Waals surface area contributed by atoms with Crippen LogP contribution in [0.3, 0.4) is 0 Å². The molecule has 0 radical (unpaired) electrons. The molecule has 0 saturated carbocycles. The first-order chi connectivity index (χ1) is 11.0. The molecule has 0 amide bonds. The van der Waals surface area contributed by atoms with E-state index >= 15 is 0 Å². The van der Waals surface area contributed by atoms with E-state index in [0.717, 1.165) is 12.8 Å². The van der Waals surface area contributed by atoms with Gasteiger partial charge >= 0.3 is 0 Å². The molecule has 2 N–H and O–H groups in total. The Morgan fingerprint density at radius 2 is 1.83 bits per heavy atom. The fourth-order valence-corrected chi connectivity index (χ4v) is 2.69. The summed E-state index contributed by atoms with van der Waals surface area (Å²) in [5.41, 5.74) is 0.0722. The Hall–Kier alpha value is -1.22. The lowest BCUT2D eigenvalue weighted by molar-refractivity contribution is 0.282. The van der Waals surface area contributed by atoms with E-state index < -0.39 is 17.7 Å². The lowest BCUT2D eigenvalue weighted by Gasteiger charge is -2.27. The monoisotopic (exact) mass is 450 g/mol. The molecule has 0 bridgehead atoms. The zero-order valence-corrected chi connectivity index (χ0v) is 16.6.